The van der Waals surface area contributed by atoms with E-state index in [0.717, 1.165) is 29.6 Å². The Morgan fingerprint density at radius 1 is 1.38 bits per heavy atom. The monoisotopic (exact) mass is 302 g/mol. The Morgan fingerprint density at radius 3 is 2.86 bits per heavy atom. The van der Waals surface area contributed by atoms with E-state index in [9.17, 15) is 0 Å². The molecule has 2 aromatic heterocycles. The third-order valence-electron chi connectivity index (χ3n) is 3.81. The van der Waals surface area contributed by atoms with Gasteiger partial charge in [-0.05, 0) is 31.9 Å². The highest BCUT2D eigenvalue weighted by molar-refractivity contribution is 8.00. The van der Waals surface area contributed by atoms with Gasteiger partial charge in [-0.1, -0.05) is 31.0 Å². The molecular weight excluding hydrogens is 284 g/mol. The van der Waals surface area contributed by atoms with Crippen LogP contribution in [0.5, 0.6) is 0 Å². The Kier molecular flexibility index (Phi) is 4.30. The molecule has 6 heteroatoms. The molecule has 1 saturated carbocycles. The summed E-state index contributed by atoms with van der Waals surface area (Å²) < 4.78 is 7.68. The summed E-state index contributed by atoms with van der Waals surface area (Å²) in [6, 6.07) is 6.42. The highest BCUT2D eigenvalue weighted by Gasteiger charge is 2.25. The van der Waals surface area contributed by atoms with Crippen LogP contribution in [0.25, 0.3) is 11.6 Å². The average Bonchev–Trinajstić information content (AvgIpc) is 3.17. The first-order chi connectivity index (χ1) is 10.3. The van der Waals surface area contributed by atoms with E-state index in [2.05, 4.69) is 20.8 Å². The SMILES string of the molecule is C[C@@H](C#N)Sc1nnc(-c2ccco2)n1C1CCCCC1. The predicted octanol–water partition coefficient (Wildman–Crippen LogP) is 4.05. The summed E-state index contributed by atoms with van der Waals surface area (Å²) in [4.78, 5) is 0. The van der Waals surface area contributed by atoms with Crippen LogP contribution in [-0.2, 0) is 0 Å². The predicted molar refractivity (Wildman–Crippen MR) is 80.8 cm³/mol. The molecule has 2 aromatic rings. The molecule has 0 amide bonds. The van der Waals surface area contributed by atoms with E-state index in [1.54, 1.807) is 6.26 Å². The second-order valence-corrected chi connectivity index (χ2v) is 6.64. The molecule has 0 radical (unpaired) electrons. The first-order valence-corrected chi connectivity index (χ1v) is 8.22. The Labute approximate surface area is 128 Å². The molecule has 110 valence electrons. The summed E-state index contributed by atoms with van der Waals surface area (Å²) in [5.74, 6) is 1.52. The maximum Gasteiger partial charge on any atom is 0.200 e. The van der Waals surface area contributed by atoms with Crippen molar-refractivity contribution in [3.63, 3.8) is 0 Å². The Morgan fingerprint density at radius 2 is 2.19 bits per heavy atom. The van der Waals surface area contributed by atoms with Crippen LogP contribution < -0.4 is 0 Å². The summed E-state index contributed by atoms with van der Waals surface area (Å²) >= 11 is 1.47. The van der Waals surface area contributed by atoms with Gasteiger partial charge in [0, 0.05) is 6.04 Å². The normalized spacial score (nSPS) is 17.5. The average molecular weight is 302 g/mol. The number of nitrogens with zero attached hydrogens (tertiary/aromatic N) is 4. The van der Waals surface area contributed by atoms with Gasteiger partial charge in [0.2, 0.25) is 5.82 Å². The lowest BCUT2D eigenvalue weighted by atomic mass is 9.95. The second kappa shape index (κ2) is 6.35. The van der Waals surface area contributed by atoms with Crippen LogP contribution in [0.4, 0.5) is 0 Å². The van der Waals surface area contributed by atoms with Gasteiger partial charge in [0.15, 0.2) is 10.9 Å². The van der Waals surface area contributed by atoms with Crippen LogP contribution in [0.15, 0.2) is 28.0 Å². The molecule has 0 saturated heterocycles. The van der Waals surface area contributed by atoms with Crippen molar-refractivity contribution in [2.45, 2.75) is 55.5 Å². The lowest BCUT2D eigenvalue weighted by molar-refractivity contribution is 0.337. The first kappa shape index (κ1) is 14.2. The van der Waals surface area contributed by atoms with Gasteiger partial charge < -0.3 is 4.42 Å². The molecular formula is C15H18N4OS. The number of hydrogen-bond acceptors (Lipinski definition) is 5. The molecule has 0 aliphatic heterocycles. The van der Waals surface area contributed by atoms with Crippen LogP contribution in [0, 0.1) is 11.3 Å². The molecule has 5 nitrogen and oxygen atoms in total. The van der Waals surface area contributed by atoms with E-state index < -0.39 is 0 Å². The summed E-state index contributed by atoms with van der Waals surface area (Å²) in [5, 5.41) is 18.3. The zero-order chi connectivity index (χ0) is 14.7. The highest BCUT2D eigenvalue weighted by Crippen LogP contribution is 2.36. The minimum Gasteiger partial charge on any atom is -0.461 e. The molecule has 0 N–H and O–H groups in total. The van der Waals surface area contributed by atoms with Crippen LogP contribution in [-0.4, -0.2) is 20.0 Å². The zero-order valence-electron chi connectivity index (χ0n) is 12.0. The summed E-state index contributed by atoms with van der Waals surface area (Å²) in [7, 11) is 0. The maximum atomic E-state index is 9.04. The van der Waals surface area contributed by atoms with Gasteiger partial charge in [-0.2, -0.15) is 5.26 Å². The van der Waals surface area contributed by atoms with Crippen molar-refractivity contribution >= 4 is 11.8 Å². The third kappa shape index (κ3) is 2.98. The Bertz CT molecular complexity index is 623. The van der Waals surface area contributed by atoms with E-state index >= 15 is 0 Å². The van der Waals surface area contributed by atoms with Crippen LogP contribution in [0.1, 0.15) is 45.1 Å². The van der Waals surface area contributed by atoms with E-state index in [-0.39, 0.29) is 5.25 Å². The van der Waals surface area contributed by atoms with E-state index in [0.29, 0.717) is 6.04 Å². The quantitative estimate of drug-likeness (QED) is 0.797. The van der Waals surface area contributed by atoms with Crippen LogP contribution in [0.2, 0.25) is 0 Å². The summed E-state index contributed by atoms with van der Waals surface area (Å²) in [5.41, 5.74) is 0. The van der Waals surface area contributed by atoms with Crippen molar-refractivity contribution < 1.29 is 4.42 Å². The topological polar surface area (TPSA) is 67.6 Å². The van der Waals surface area contributed by atoms with Crippen LogP contribution >= 0.6 is 11.8 Å². The van der Waals surface area contributed by atoms with Crippen molar-refractivity contribution in [2.24, 2.45) is 0 Å². The molecule has 2 heterocycles. The zero-order valence-corrected chi connectivity index (χ0v) is 12.8. The Balaban J connectivity index is 1.98. The first-order valence-electron chi connectivity index (χ1n) is 7.34. The highest BCUT2D eigenvalue weighted by atomic mass is 32.2. The van der Waals surface area contributed by atoms with Gasteiger partial charge in [0.25, 0.3) is 0 Å². The van der Waals surface area contributed by atoms with E-state index in [4.69, 9.17) is 9.68 Å². The Hall–Kier alpha value is -1.74. The number of rotatable bonds is 4. The number of nitriles is 1. The number of hydrogen-bond donors (Lipinski definition) is 0. The number of furan rings is 1. The fourth-order valence-electron chi connectivity index (χ4n) is 2.78. The molecule has 0 unspecified atom stereocenters. The third-order valence-corrected chi connectivity index (χ3v) is 4.76. The molecule has 0 bridgehead atoms. The lowest BCUT2D eigenvalue weighted by Gasteiger charge is -2.25. The molecule has 3 rings (SSSR count). The maximum absolute atomic E-state index is 9.04. The lowest BCUT2D eigenvalue weighted by Crippen LogP contribution is -2.15. The number of thioether (sulfide) groups is 1. The van der Waals surface area contributed by atoms with Gasteiger partial charge in [0.1, 0.15) is 0 Å². The van der Waals surface area contributed by atoms with E-state index in [1.165, 1.54) is 31.0 Å². The molecule has 1 aliphatic rings. The van der Waals surface area contributed by atoms with Crippen molar-refractivity contribution in [1.29, 1.82) is 5.26 Å². The molecule has 1 aliphatic carbocycles. The smallest absolute Gasteiger partial charge is 0.200 e. The largest absolute Gasteiger partial charge is 0.461 e. The summed E-state index contributed by atoms with van der Waals surface area (Å²) in [6.07, 6.45) is 7.70. The second-order valence-electron chi connectivity index (χ2n) is 5.33. The summed E-state index contributed by atoms with van der Waals surface area (Å²) in [6.45, 7) is 1.89. The number of aromatic nitrogens is 3. The van der Waals surface area contributed by atoms with Gasteiger partial charge in [-0.15, -0.1) is 10.2 Å². The van der Waals surface area contributed by atoms with Gasteiger partial charge in [0.05, 0.1) is 17.6 Å². The standard InChI is InChI=1S/C15H18N4OS/c1-11(10-16)21-15-18-17-14(13-8-5-9-20-13)19(15)12-6-3-2-4-7-12/h5,8-9,11-12H,2-4,6-7H2,1H3/t11-/m0/s1. The van der Waals surface area contributed by atoms with Crippen molar-refractivity contribution in [1.82, 2.24) is 14.8 Å². The van der Waals surface area contributed by atoms with Gasteiger partial charge in [-0.25, -0.2) is 0 Å². The van der Waals surface area contributed by atoms with Crippen LogP contribution in [0.3, 0.4) is 0 Å². The van der Waals surface area contributed by atoms with E-state index in [1.807, 2.05) is 19.1 Å². The fraction of sp³-hybridized carbons (Fsp3) is 0.533. The molecule has 1 atom stereocenters. The molecule has 0 spiro atoms. The molecule has 0 aromatic carbocycles. The van der Waals surface area contributed by atoms with Gasteiger partial charge in [-0.3, -0.25) is 4.57 Å². The molecule has 21 heavy (non-hydrogen) atoms. The molecule has 1 fully saturated rings. The van der Waals surface area contributed by atoms with Gasteiger partial charge >= 0.3 is 0 Å². The van der Waals surface area contributed by atoms with Crippen molar-refractivity contribution in [3.05, 3.63) is 18.4 Å². The van der Waals surface area contributed by atoms with Crippen molar-refractivity contribution in [2.75, 3.05) is 0 Å². The fourth-order valence-corrected chi connectivity index (χ4v) is 3.59. The van der Waals surface area contributed by atoms with Crippen molar-refractivity contribution in [3.8, 4) is 17.7 Å². The minimum atomic E-state index is -0.138. The minimum absolute atomic E-state index is 0.138.